The maximum Gasteiger partial charge on any atom is 0.387 e. The van der Waals surface area contributed by atoms with Gasteiger partial charge < -0.3 is 10.1 Å². The Labute approximate surface area is 117 Å². The minimum atomic E-state index is -2.98. The van der Waals surface area contributed by atoms with Crippen LogP contribution >= 0.6 is 0 Å². The van der Waals surface area contributed by atoms with Gasteiger partial charge >= 0.3 is 6.61 Å². The second kappa shape index (κ2) is 6.43. The Hall–Kier alpha value is -2.31. The van der Waals surface area contributed by atoms with E-state index in [1.54, 1.807) is 6.07 Å². The summed E-state index contributed by atoms with van der Waals surface area (Å²) in [6.45, 7) is -3.00. The first kappa shape index (κ1) is 15.1. The van der Waals surface area contributed by atoms with Crippen LogP contribution in [0.3, 0.4) is 0 Å². The summed E-state index contributed by atoms with van der Waals surface area (Å²) in [6, 6.07) is 7.51. The number of rotatable bonds is 5. The maximum absolute atomic E-state index is 13.0. The van der Waals surface area contributed by atoms with Crippen molar-refractivity contribution in [2.45, 2.75) is 13.2 Å². The molecule has 0 unspecified atom stereocenters. The number of halogens is 5. The van der Waals surface area contributed by atoms with Crippen molar-refractivity contribution in [3.8, 4) is 5.75 Å². The summed E-state index contributed by atoms with van der Waals surface area (Å²) in [7, 11) is 0. The number of alkyl halides is 2. The number of hydrogen-bond donors (Lipinski definition) is 1. The Morgan fingerprint density at radius 2 is 1.62 bits per heavy atom. The lowest BCUT2D eigenvalue weighted by atomic mass is 10.2. The molecule has 0 radical (unpaired) electrons. The molecular formula is C14H10F5NO. The summed E-state index contributed by atoms with van der Waals surface area (Å²) in [5.41, 5.74) is 0.348. The highest BCUT2D eigenvalue weighted by molar-refractivity contribution is 5.46. The van der Waals surface area contributed by atoms with Crippen LogP contribution in [0.15, 0.2) is 36.4 Å². The smallest absolute Gasteiger partial charge is 0.387 e. The SMILES string of the molecule is Fc1cc(NCc2ccccc2OC(F)F)cc(F)c1F. The zero-order chi connectivity index (χ0) is 15.4. The molecule has 0 aliphatic heterocycles. The van der Waals surface area contributed by atoms with Gasteiger partial charge in [0.25, 0.3) is 0 Å². The third kappa shape index (κ3) is 3.84. The number of ether oxygens (including phenoxy) is 1. The summed E-state index contributed by atoms with van der Waals surface area (Å²) >= 11 is 0. The molecule has 21 heavy (non-hydrogen) atoms. The van der Waals surface area contributed by atoms with Gasteiger partial charge in [-0.05, 0) is 6.07 Å². The van der Waals surface area contributed by atoms with Gasteiger partial charge in [0.1, 0.15) is 5.75 Å². The van der Waals surface area contributed by atoms with Crippen molar-refractivity contribution in [3.63, 3.8) is 0 Å². The van der Waals surface area contributed by atoms with Gasteiger partial charge in [-0.2, -0.15) is 8.78 Å². The van der Waals surface area contributed by atoms with Gasteiger partial charge in [-0.15, -0.1) is 0 Å². The van der Waals surface area contributed by atoms with Crippen molar-refractivity contribution in [2.75, 3.05) is 5.32 Å². The summed E-state index contributed by atoms with van der Waals surface area (Å²) in [4.78, 5) is 0. The lowest BCUT2D eigenvalue weighted by Gasteiger charge is -2.12. The Bertz CT molecular complexity index is 610. The van der Waals surface area contributed by atoms with Gasteiger partial charge in [-0.3, -0.25) is 0 Å². The molecule has 0 spiro atoms. The molecule has 0 atom stereocenters. The average molecular weight is 303 g/mol. The van der Waals surface area contributed by atoms with E-state index in [1.165, 1.54) is 18.2 Å². The first-order chi connectivity index (χ1) is 9.97. The molecule has 0 saturated carbocycles. The quantitative estimate of drug-likeness (QED) is 0.656. The Morgan fingerprint density at radius 3 is 2.24 bits per heavy atom. The van der Waals surface area contributed by atoms with Crippen LogP contribution in [0.5, 0.6) is 5.75 Å². The first-order valence-electron chi connectivity index (χ1n) is 5.88. The van der Waals surface area contributed by atoms with Crippen LogP contribution in [0.1, 0.15) is 5.56 Å². The van der Waals surface area contributed by atoms with Crippen molar-refractivity contribution in [1.29, 1.82) is 0 Å². The fourth-order valence-corrected chi connectivity index (χ4v) is 1.72. The molecule has 2 aromatic carbocycles. The van der Waals surface area contributed by atoms with Gasteiger partial charge in [0.2, 0.25) is 0 Å². The van der Waals surface area contributed by atoms with Crippen LogP contribution in [0, 0.1) is 17.5 Å². The third-order valence-electron chi connectivity index (χ3n) is 2.66. The highest BCUT2D eigenvalue weighted by atomic mass is 19.3. The van der Waals surface area contributed by atoms with Gasteiger partial charge in [-0.1, -0.05) is 18.2 Å². The van der Waals surface area contributed by atoms with Crippen molar-refractivity contribution in [1.82, 2.24) is 0 Å². The molecule has 0 amide bonds. The molecule has 0 bridgehead atoms. The van der Waals surface area contributed by atoms with Crippen LogP contribution in [0.2, 0.25) is 0 Å². The minimum Gasteiger partial charge on any atom is -0.434 e. The monoisotopic (exact) mass is 303 g/mol. The van der Waals surface area contributed by atoms with E-state index in [4.69, 9.17) is 0 Å². The largest absolute Gasteiger partial charge is 0.434 e. The number of anilines is 1. The fourth-order valence-electron chi connectivity index (χ4n) is 1.72. The molecule has 0 aliphatic rings. The number of hydrogen-bond acceptors (Lipinski definition) is 2. The van der Waals surface area contributed by atoms with E-state index in [0.29, 0.717) is 5.56 Å². The molecular weight excluding hydrogens is 293 g/mol. The van der Waals surface area contributed by atoms with Crippen molar-refractivity contribution in [2.24, 2.45) is 0 Å². The van der Waals surface area contributed by atoms with Crippen LogP contribution in [0.25, 0.3) is 0 Å². The summed E-state index contributed by atoms with van der Waals surface area (Å²) in [5.74, 6) is -4.30. The molecule has 2 rings (SSSR count). The highest BCUT2D eigenvalue weighted by Gasteiger charge is 2.12. The topological polar surface area (TPSA) is 21.3 Å². The zero-order valence-corrected chi connectivity index (χ0v) is 10.5. The highest BCUT2D eigenvalue weighted by Crippen LogP contribution is 2.23. The van der Waals surface area contributed by atoms with E-state index < -0.39 is 24.1 Å². The predicted molar refractivity (Wildman–Crippen MR) is 66.7 cm³/mol. The number of nitrogens with one attached hydrogen (secondary N) is 1. The summed E-state index contributed by atoms with van der Waals surface area (Å²) in [6.07, 6.45) is 0. The van der Waals surface area contributed by atoms with E-state index in [2.05, 4.69) is 10.1 Å². The normalized spacial score (nSPS) is 10.8. The fraction of sp³-hybridized carbons (Fsp3) is 0.143. The first-order valence-corrected chi connectivity index (χ1v) is 5.88. The number of benzene rings is 2. The van der Waals surface area contributed by atoms with E-state index in [9.17, 15) is 22.0 Å². The van der Waals surface area contributed by atoms with E-state index in [0.717, 1.165) is 12.1 Å². The van der Waals surface area contributed by atoms with Crippen LogP contribution < -0.4 is 10.1 Å². The predicted octanol–water partition coefficient (Wildman–Crippen LogP) is 4.32. The average Bonchev–Trinajstić information content (AvgIpc) is 2.43. The molecule has 112 valence electrons. The molecule has 0 fully saturated rings. The van der Waals surface area contributed by atoms with Crippen molar-refractivity contribution in [3.05, 3.63) is 59.4 Å². The van der Waals surface area contributed by atoms with Crippen LogP contribution in [-0.2, 0) is 6.54 Å². The molecule has 1 N–H and O–H groups in total. The van der Waals surface area contributed by atoms with E-state index in [1.807, 2.05) is 0 Å². The molecule has 0 heterocycles. The molecule has 0 aliphatic carbocycles. The molecule has 0 saturated heterocycles. The van der Waals surface area contributed by atoms with Crippen molar-refractivity contribution >= 4 is 5.69 Å². The van der Waals surface area contributed by atoms with E-state index >= 15 is 0 Å². The van der Waals surface area contributed by atoms with Crippen LogP contribution in [0.4, 0.5) is 27.6 Å². The van der Waals surface area contributed by atoms with Gasteiger partial charge in [0.05, 0.1) is 0 Å². The molecule has 2 nitrogen and oxygen atoms in total. The van der Waals surface area contributed by atoms with Crippen LogP contribution in [-0.4, -0.2) is 6.61 Å². The summed E-state index contributed by atoms with van der Waals surface area (Å²) < 4.78 is 67.7. The number of para-hydroxylation sites is 1. The van der Waals surface area contributed by atoms with Crippen molar-refractivity contribution < 1.29 is 26.7 Å². The van der Waals surface area contributed by atoms with Gasteiger partial charge in [0.15, 0.2) is 17.5 Å². The lowest BCUT2D eigenvalue weighted by Crippen LogP contribution is -2.07. The second-order valence-corrected chi connectivity index (χ2v) is 4.09. The lowest BCUT2D eigenvalue weighted by molar-refractivity contribution is -0.0504. The molecule has 0 aromatic heterocycles. The summed E-state index contributed by atoms with van der Waals surface area (Å²) in [5, 5.41) is 2.61. The Morgan fingerprint density at radius 1 is 1.00 bits per heavy atom. The molecule has 2 aromatic rings. The Kier molecular flexibility index (Phi) is 4.62. The second-order valence-electron chi connectivity index (χ2n) is 4.09. The van der Waals surface area contributed by atoms with Gasteiger partial charge in [0, 0.05) is 29.9 Å². The Balaban J connectivity index is 2.13. The zero-order valence-electron chi connectivity index (χ0n) is 10.5. The minimum absolute atomic E-state index is 0.0155. The molecule has 7 heteroatoms. The standard InChI is InChI=1S/C14H10F5NO/c15-10-5-9(6-11(16)13(10)17)20-7-8-3-1-2-4-12(8)21-14(18)19/h1-6,14,20H,7H2. The third-order valence-corrected chi connectivity index (χ3v) is 2.66. The van der Waals surface area contributed by atoms with E-state index in [-0.39, 0.29) is 18.0 Å². The maximum atomic E-state index is 13.0. The van der Waals surface area contributed by atoms with Gasteiger partial charge in [-0.25, -0.2) is 13.2 Å².